The Kier molecular flexibility index (Phi) is 4.22. The molecule has 0 aromatic carbocycles. The second kappa shape index (κ2) is 5.22. The first-order chi connectivity index (χ1) is 6.22. The number of ether oxygens (including phenoxy) is 2. The molecule has 1 aliphatic rings. The first-order valence-electron chi connectivity index (χ1n) is 5.03. The second-order valence-corrected chi connectivity index (χ2v) is 3.51. The molecule has 0 unspecified atom stereocenters. The van der Waals surface area contributed by atoms with Crippen LogP contribution < -0.4 is 0 Å². The van der Waals surface area contributed by atoms with Crippen LogP contribution >= 0.6 is 0 Å². The van der Waals surface area contributed by atoms with E-state index in [9.17, 15) is 4.79 Å². The van der Waals surface area contributed by atoms with Gasteiger partial charge in [0, 0.05) is 0 Å². The number of hydrogen-bond donors (Lipinski definition) is 0. The molecule has 1 saturated heterocycles. The van der Waals surface area contributed by atoms with E-state index in [1.165, 1.54) is 0 Å². The first-order valence-corrected chi connectivity index (χ1v) is 5.03. The van der Waals surface area contributed by atoms with Crippen LogP contribution in [-0.2, 0) is 14.3 Å². The highest BCUT2D eigenvalue weighted by atomic mass is 16.5. The molecule has 3 nitrogen and oxygen atoms in total. The number of rotatable bonds is 3. The minimum atomic E-state index is -0.137. The summed E-state index contributed by atoms with van der Waals surface area (Å²) in [6.07, 6.45) is 4.06. The molecular weight excluding hydrogens is 168 g/mol. The van der Waals surface area contributed by atoms with Gasteiger partial charge in [0.15, 0.2) is 0 Å². The average molecular weight is 186 g/mol. The predicted molar refractivity (Wildman–Crippen MR) is 49.4 cm³/mol. The Bertz CT molecular complexity index is 168. The molecule has 0 radical (unpaired) electrons. The molecule has 0 N–H and O–H groups in total. The molecule has 0 amide bonds. The molecule has 1 fully saturated rings. The normalized spacial score (nSPS) is 28.5. The molecule has 0 spiro atoms. The van der Waals surface area contributed by atoms with Gasteiger partial charge in [-0.3, -0.25) is 4.79 Å². The second-order valence-electron chi connectivity index (χ2n) is 3.51. The Hall–Kier alpha value is -0.570. The lowest BCUT2D eigenvalue weighted by Gasteiger charge is -2.26. The molecular formula is C10H18O3. The third-order valence-electron chi connectivity index (χ3n) is 2.26. The summed E-state index contributed by atoms with van der Waals surface area (Å²) in [6.45, 7) is 4.33. The lowest BCUT2D eigenvalue weighted by atomic mass is 10.0. The van der Waals surface area contributed by atoms with E-state index in [1.54, 1.807) is 0 Å². The standard InChI is InChI=1S/C10H18O3/c1-3-12-10(11)7-9-6-4-5-8(2)13-9/h8-9H,3-7H2,1-2H3/t8-,9-/m0/s1. The topological polar surface area (TPSA) is 35.5 Å². The summed E-state index contributed by atoms with van der Waals surface area (Å²) in [4.78, 5) is 11.1. The van der Waals surface area contributed by atoms with Crippen LogP contribution in [0.5, 0.6) is 0 Å². The molecule has 0 aromatic rings. The van der Waals surface area contributed by atoms with Crippen LogP contribution in [0.25, 0.3) is 0 Å². The highest BCUT2D eigenvalue weighted by Crippen LogP contribution is 2.20. The zero-order valence-electron chi connectivity index (χ0n) is 8.41. The van der Waals surface area contributed by atoms with Crippen LogP contribution in [0.2, 0.25) is 0 Å². The van der Waals surface area contributed by atoms with Gasteiger partial charge in [0.2, 0.25) is 0 Å². The smallest absolute Gasteiger partial charge is 0.308 e. The van der Waals surface area contributed by atoms with Gasteiger partial charge in [-0.2, -0.15) is 0 Å². The summed E-state index contributed by atoms with van der Waals surface area (Å²) in [7, 11) is 0. The van der Waals surface area contributed by atoms with Crippen LogP contribution in [0.15, 0.2) is 0 Å². The van der Waals surface area contributed by atoms with Gasteiger partial charge < -0.3 is 9.47 Å². The van der Waals surface area contributed by atoms with E-state index < -0.39 is 0 Å². The highest BCUT2D eigenvalue weighted by molar-refractivity contribution is 5.69. The molecule has 1 aliphatic heterocycles. The first kappa shape index (κ1) is 10.5. The van der Waals surface area contributed by atoms with Crippen LogP contribution in [0.1, 0.15) is 39.5 Å². The Balaban J connectivity index is 2.23. The Morgan fingerprint density at radius 1 is 1.54 bits per heavy atom. The van der Waals surface area contributed by atoms with E-state index >= 15 is 0 Å². The van der Waals surface area contributed by atoms with E-state index in [2.05, 4.69) is 6.92 Å². The molecule has 3 heteroatoms. The van der Waals surface area contributed by atoms with Crippen LogP contribution in [-0.4, -0.2) is 24.8 Å². The van der Waals surface area contributed by atoms with E-state index in [1.807, 2.05) is 6.92 Å². The summed E-state index contributed by atoms with van der Waals surface area (Å²) in [5.41, 5.74) is 0. The summed E-state index contributed by atoms with van der Waals surface area (Å²) < 4.78 is 10.5. The third-order valence-corrected chi connectivity index (χ3v) is 2.26. The summed E-state index contributed by atoms with van der Waals surface area (Å²) >= 11 is 0. The molecule has 0 aromatic heterocycles. The zero-order chi connectivity index (χ0) is 9.68. The fourth-order valence-electron chi connectivity index (χ4n) is 1.65. The summed E-state index contributed by atoms with van der Waals surface area (Å²) in [6, 6.07) is 0. The van der Waals surface area contributed by atoms with Crippen molar-refractivity contribution in [3.8, 4) is 0 Å². The molecule has 76 valence electrons. The van der Waals surface area contributed by atoms with Crippen LogP contribution in [0.3, 0.4) is 0 Å². The van der Waals surface area contributed by atoms with Crippen molar-refractivity contribution in [2.75, 3.05) is 6.61 Å². The Labute approximate surface area is 79.4 Å². The molecule has 1 heterocycles. The maximum Gasteiger partial charge on any atom is 0.308 e. The van der Waals surface area contributed by atoms with Gasteiger partial charge in [0.05, 0.1) is 25.2 Å². The van der Waals surface area contributed by atoms with Crippen molar-refractivity contribution >= 4 is 5.97 Å². The van der Waals surface area contributed by atoms with Crippen molar-refractivity contribution in [1.29, 1.82) is 0 Å². The summed E-state index contributed by atoms with van der Waals surface area (Å²) in [5.74, 6) is -0.137. The van der Waals surface area contributed by atoms with Crippen molar-refractivity contribution in [2.45, 2.75) is 51.7 Å². The predicted octanol–water partition coefficient (Wildman–Crippen LogP) is 1.90. The van der Waals surface area contributed by atoms with Crippen molar-refractivity contribution in [1.82, 2.24) is 0 Å². The Morgan fingerprint density at radius 2 is 2.31 bits per heavy atom. The number of hydrogen-bond acceptors (Lipinski definition) is 3. The quantitative estimate of drug-likeness (QED) is 0.631. The van der Waals surface area contributed by atoms with Gasteiger partial charge >= 0.3 is 5.97 Å². The lowest BCUT2D eigenvalue weighted by Crippen LogP contribution is -2.28. The van der Waals surface area contributed by atoms with Crippen LogP contribution in [0, 0.1) is 0 Å². The maximum absolute atomic E-state index is 11.1. The molecule has 13 heavy (non-hydrogen) atoms. The van der Waals surface area contributed by atoms with Gasteiger partial charge in [0.1, 0.15) is 0 Å². The number of carbonyl (C=O) groups excluding carboxylic acids is 1. The highest BCUT2D eigenvalue weighted by Gasteiger charge is 2.21. The number of esters is 1. The molecule has 0 bridgehead atoms. The Morgan fingerprint density at radius 3 is 2.92 bits per heavy atom. The monoisotopic (exact) mass is 186 g/mol. The van der Waals surface area contributed by atoms with Gasteiger partial charge in [-0.15, -0.1) is 0 Å². The van der Waals surface area contributed by atoms with Crippen molar-refractivity contribution < 1.29 is 14.3 Å². The van der Waals surface area contributed by atoms with E-state index in [-0.39, 0.29) is 12.1 Å². The fraction of sp³-hybridized carbons (Fsp3) is 0.900. The number of carbonyl (C=O) groups is 1. The van der Waals surface area contributed by atoms with E-state index in [4.69, 9.17) is 9.47 Å². The molecule has 0 saturated carbocycles. The minimum Gasteiger partial charge on any atom is -0.466 e. The van der Waals surface area contributed by atoms with Gasteiger partial charge in [0.25, 0.3) is 0 Å². The average Bonchev–Trinajstić information content (AvgIpc) is 2.04. The molecule has 0 aliphatic carbocycles. The fourth-order valence-corrected chi connectivity index (χ4v) is 1.65. The van der Waals surface area contributed by atoms with Gasteiger partial charge in [-0.05, 0) is 33.1 Å². The van der Waals surface area contributed by atoms with Crippen LogP contribution in [0.4, 0.5) is 0 Å². The summed E-state index contributed by atoms with van der Waals surface area (Å²) in [5, 5.41) is 0. The van der Waals surface area contributed by atoms with E-state index in [0.717, 1.165) is 19.3 Å². The largest absolute Gasteiger partial charge is 0.466 e. The van der Waals surface area contributed by atoms with Crippen molar-refractivity contribution in [3.05, 3.63) is 0 Å². The maximum atomic E-state index is 11.1. The zero-order valence-corrected chi connectivity index (χ0v) is 8.41. The lowest BCUT2D eigenvalue weighted by molar-refractivity contribution is -0.148. The SMILES string of the molecule is CCOC(=O)C[C@@H]1CCC[C@H](C)O1. The van der Waals surface area contributed by atoms with Crippen molar-refractivity contribution in [3.63, 3.8) is 0 Å². The third kappa shape index (κ3) is 3.77. The van der Waals surface area contributed by atoms with Crippen molar-refractivity contribution in [2.24, 2.45) is 0 Å². The molecule has 2 atom stereocenters. The molecule has 1 rings (SSSR count). The van der Waals surface area contributed by atoms with Gasteiger partial charge in [-0.25, -0.2) is 0 Å². The minimum absolute atomic E-state index is 0.0859. The van der Waals surface area contributed by atoms with Gasteiger partial charge in [-0.1, -0.05) is 0 Å². The van der Waals surface area contributed by atoms with E-state index in [0.29, 0.717) is 19.1 Å².